The average molecular weight is 479 g/mol. The third-order valence-electron chi connectivity index (χ3n) is 6.37. The first-order valence-corrected chi connectivity index (χ1v) is 15.3. The molecular formula is C26H56NO4S+2. The van der Waals surface area contributed by atoms with Crippen LogP contribution in [0.5, 0.6) is 0 Å². The highest BCUT2D eigenvalue weighted by atomic mass is 32.3. The molecule has 0 aliphatic heterocycles. The van der Waals surface area contributed by atoms with Crippen molar-refractivity contribution in [2.45, 2.75) is 161 Å². The summed E-state index contributed by atoms with van der Waals surface area (Å²) in [6.45, 7) is 2.48. The van der Waals surface area contributed by atoms with Crippen LogP contribution in [0.4, 0.5) is 0 Å². The Hall–Kier alpha value is -0.0100. The fraction of sp³-hybridized carbons (Fsp3) is 1.00. The zero-order valence-electron chi connectivity index (χ0n) is 21.4. The van der Waals surface area contributed by atoms with E-state index in [4.69, 9.17) is 0 Å². The van der Waals surface area contributed by atoms with Crippen molar-refractivity contribution in [2.24, 2.45) is 0 Å². The summed E-state index contributed by atoms with van der Waals surface area (Å²) in [6.07, 6.45) is 32.5. The van der Waals surface area contributed by atoms with Crippen LogP contribution in [-0.2, 0) is 28.0 Å². The minimum Gasteiger partial charge on any atom is -0.155 e. The Morgan fingerprint density at radius 3 is 1.00 bits per heavy atom. The Labute approximate surface area is 201 Å². The molecular weight excluding hydrogens is 422 g/mol. The van der Waals surface area contributed by atoms with Gasteiger partial charge in [0.2, 0.25) is 0 Å². The summed E-state index contributed by atoms with van der Waals surface area (Å²) in [5, 5.41) is 0. The first-order valence-electron chi connectivity index (χ1n) is 14.0. The Kier molecular flexibility index (Phi) is 25.6. The van der Waals surface area contributed by atoms with Crippen molar-refractivity contribution in [3.8, 4) is 0 Å². The number of rotatable bonds is 27. The van der Waals surface area contributed by atoms with Gasteiger partial charge in [0.25, 0.3) is 0 Å². The molecule has 0 aromatic heterocycles. The van der Waals surface area contributed by atoms with Crippen LogP contribution in [0.25, 0.3) is 0 Å². The summed E-state index contributed by atoms with van der Waals surface area (Å²) in [5.41, 5.74) is 0. The topological polar surface area (TPSA) is 83.1 Å². The van der Waals surface area contributed by atoms with Gasteiger partial charge in [0, 0.05) is 4.21 Å². The quantitative estimate of drug-likeness (QED) is 0.0733. The average Bonchev–Trinajstić information content (AvgIpc) is 2.79. The van der Waals surface area contributed by atoms with Crippen LogP contribution in [0, 0.1) is 0 Å². The predicted octanol–water partition coefficient (Wildman–Crippen LogP) is 8.23. The van der Waals surface area contributed by atoms with Crippen LogP contribution in [0.1, 0.15) is 161 Å². The Balaban J connectivity index is 3.06. The van der Waals surface area contributed by atoms with E-state index in [2.05, 4.69) is 21.3 Å². The Morgan fingerprint density at radius 1 is 0.500 bits per heavy atom. The molecule has 1 radical (unpaired) electrons. The molecule has 193 valence electrons. The molecule has 0 bridgehead atoms. The van der Waals surface area contributed by atoms with Crippen molar-refractivity contribution in [3.63, 3.8) is 0 Å². The van der Waals surface area contributed by atoms with Gasteiger partial charge in [0.1, 0.15) is 11.2 Å². The van der Waals surface area contributed by atoms with Crippen LogP contribution in [0.3, 0.4) is 0 Å². The molecule has 0 heterocycles. The van der Waals surface area contributed by atoms with Crippen molar-refractivity contribution in [1.29, 1.82) is 0 Å². The molecule has 0 amide bonds. The Bertz CT molecular complexity index is 409. The zero-order valence-corrected chi connectivity index (χ0v) is 22.2. The van der Waals surface area contributed by atoms with Gasteiger partial charge in [-0.3, -0.25) is 0 Å². The van der Waals surface area contributed by atoms with Crippen LogP contribution in [-0.4, -0.2) is 6.61 Å². The molecule has 0 rings (SSSR count). The highest BCUT2D eigenvalue weighted by Gasteiger charge is 2.35. The maximum absolute atomic E-state index is 10.9. The molecule has 1 unspecified atom stereocenters. The van der Waals surface area contributed by atoms with Gasteiger partial charge in [-0.25, -0.2) is 0 Å². The fourth-order valence-electron chi connectivity index (χ4n) is 4.26. The molecule has 32 heavy (non-hydrogen) atoms. The first kappa shape index (κ1) is 32.0. The summed E-state index contributed by atoms with van der Waals surface area (Å²) in [6, 6.07) is 0. The van der Waals surface area contributed by atoms with Gasteiger partial charge in [-0.2, -0.15) is 5.90 Å². The largest absolute Gasteiger partial charge is 0.597 e. The lowest BCUT2D eigenvalue weighted by molar-refractivity contribution is -0.640. The number of hydrogen-bond donors (Lipinski definition) is 1. The van der Waals surface area contributed by atoms with Crippen molar-refractivity contribution in [2.75, 3.05) is 6.61 Å². The lowest BCUT2D eigenvalue weighted by Crippen LogP contribution is -2.53. The molecule has 3 N–H and O–H groups in total. The van der Waals surface area contributed by atoms with Crippen molar-refractivity contribution < 1.29 is 23.1 Å². The first-order chi connectivity index (χ1) is 15.6. The molecule has 0 saturated carbocycles. The molecule has 1 atom stereocenters. The van der Waals surface area contributed by atoms with Gasteiger partial charge in [0.05, 0.1) is 4.28 Å². The van der Waals surface area contributed by atoms with E-state index in [0.717, 1.165) is 19.3 Å². The second-order valence-corrected chi connectivity index (χ2v) is 10.8. The van der Waals surface area contributed by atoms with E-state index >= 15 is 0 Å². The highest BCUT2D eigenvalue weighted by Crippen LogP contribution is 2.15. The van der Waals surface area contributed by atoms with Crippen LogP contribution < -0.4 is 5.90 Å². The molecule has 0 aromatic carbocycles. The molecule has 0 spiro atoms. The molecule has 6 heteroatoms. The molecule has 0 aromatic rings. The normalized spacial score (nSPS) is 13.5. The molecule has 5 nitrogen and oxygen atoms in total. The van der Waals surface area contributed by atoms with Gasteiger partial charge < -0.3 is 0 Å². The summed E-state index contributed by atoms with van der Waals surface area (Å²) < 4.78 is 30.5. The summed E-state index contributed by atoms with van der Waals surface area (Å²) in [4.78, 5) is 0. The summed E-state index contributed by atoms with van der Waals surface area (Å²) in [5.74, 6) is 2.86. The minimum atomic E-state index is -3.86. The third-order valence-corrected chi connectivity index (χ3v) is 7.11. The number of hydrogen-bond acceptors (Lipinski definition) is 3. The van der Waals surface area contributed by atoms with Crippen LogP contribution >= 0.6 is 0 Å². The number of unbranched alkanes of at least 4 members (excludes halogenated alkanes) is 23. The maximum atomic E-state index is 10.9. The Morgan fingerprint density at radius 2 is 0.750 bits per heavy atom. The van der Waals surface area contributed by atoms with E-state index in [-0.39, 0.29) is 6.61 Å². The highest BCUT2D eigenvalue weighted by molar-refractivity contribution is 7.88. The molecule has 0 aliphatic carbocycles. The van der Waals surface area contributed by atoms with Crippen molar-refractivity contribution in [3.05, 3.63) is 0 Å². The lowest BCUT2D eigenvalue weighted by atomic mass is 10.0. The van der Waals surface area contributed by atoms with E-state index in [0.29, 0.717) is 0 Å². The summed E-state index contributed by atoms with van der Waals surface area (Å²) in [7, 11) is -3.86. The van der Waals surface area contributed by atoms with Crippen molar-refractivity contribution in [1.82, 2.24) is 0 Å². The second kappa shape index (κ2) is 25.6. The smallest absolute Gasteiger partial charge is 0.155 e. The van der Waals surface area contributed by atoms with E-state index in [9.17, 15) is 8.76 Å². The lowest BCUT2D eigenvalue weighted by Gasteiger charge is -2.04. The predicted molar refractivity (Wildman–Crippen MR) is 135 cm³/mol. The van der Waals surface area contributed by atoms with Crippen LogP contribution in [0.15, 0.2) is 0 Å². The monoisotopic (exact) mass is 478 g/mol. The van der Waals surface area contributed by atoms with Crippen LogP contribution in [0.2, 0.25) is 0 Å². The van der Waals surface area contributed by atoms with Gasteiger partial charge in [-0.1, -0.05) is 155 Å². The van der Waals surface area contributed by atoms with Gasteiger partial charge in [0.15, 0.2) is 0 Å². The fourth-order valence-corrected chi connectivity index (χ4v) is 4.65. The van der Waals surface area contributed by atoms with Gasteiger partial charge in [-0.05, 0) is 6.42 Å². The number of quaternary nitrogens is 1. The third kappa shape index (κ3) is 26.2. The summed E-state index contributed by atoms with van der Waals surface area (Å²) >= 11 is 0. The maximum Gasteiger partial charge on any atom is 0.597 e. The van der Waals surface area contributed by atoms with Gasteiger partial charge in [-0.15, -0.1) is 4.18 Å². The zero-order chi connectivity index (χ0) is 23.6. The van der Waals surface area contributed by atoms with E-state index in [1.165, 1.54) is 135 Å². The SMILES string of the molecule is CCCCCCCCCCCCCCCCCCCCCCCCCCO[S+]([O])(=O)O[NH3+]. The van der Waals surface area contributed by atoms with Gasteiger partial charge >= 0.3 is 10.8 Å². The van der Waals surface area contributed by atoms with Crippen molar-refractivity contribution >= 4 is 10.8 Å². The molecule has 0 fully saturated rings. The second-order valence-electron chi connectivity index (χ2n) is 9.48. The van der Waals surface area contributed by atoms with E-state index in [1.54, 1.807) is 0 Å². The minimum absolute atomic E-state index is 0.192. The molecule has 0 saturated heterocycles. The standard InChI is InChI=1S/C26H56NO4S/c1-2-3-4-5-6-7-8-9-10-11-12-13-14-15-16-17-18-19-20-21-22-23-24-25-26-30-32(28,29)31-27/h2-26H2,1,27H3/q+2. The molecule has 0 aliphatic rings. The van der Waals surface area contributed by atoms with E-state index in [1.807, 2.05) is 0 Å². The van der Waals surface area contributed by atoms with E-state index < -0.39 is 10.8 Å².